The summed E-state index contributed by atoms with van der Waals surface area (Å²) in [5.74, 6) is -2.11. The first-order chi connectivity index (χ1) is 4.98. The van der Waals surface area contributed by atoms with Crippen LogP contribution in [-0.4, -0.2) is 18.8 Å². The van der Waals surface area contributed by atoms with Gasteiger partial charge in [-0.3, -0.25) is 0 Å². The minimum atomic E-state index is -4.85. The molecule has 0 unspecified atom stereocenters. The number of rotatable bonds is 3. The van der Waals surface area contributed by atoms with Crippen LogP contribution in [0.2, 0.25) is 0 Å². The van der Waals surface area contributed by atoms with Gasteiger partial charge < -0.3 is 4.74 Å². The van der Waals surface area contributed by atoms with E-state index in [1.165, 1.54) is 0 Å². The van der Waals surface area contributed by atoms with E-state index in [1.54, 1.807) is 6.92 Å². The van der Waals surface area contributed by atoms with E-state index in [2.05, 4.69) is 4.74 Å². The summed E-state index contributed by atoms with van der Waals surface area (Å²) in [5.41, 5.74) is 0. The maximum absolute atomic E-state index is 11.4. The zero-order valence-electron chi connectivity index (χ0n) is 6.07. The number of carbonyl (C=O) groups excluding carboxylic acids is 1. The van der Waals surface area contributed by atoms with Crippen LogP contribution in [0, 0.1) is 0 Å². The Balaban J connectivity index is 3.54. The van der Waals surface area contributed by atoms with Crippen molar-refractivity contribution in [2.24, 2.45) is 0 Å². The molecule has 0 aromatic heterocycles. The number of carbonyl (C=O) groups is 1. The van der Waals surface area contributed by atoms with Crippen molar-refractivity contribution in [2.75, 3.05) is 6.61 Å². The van der Waals surface area contributed by atoms with Crippen molar-refractivity contribution >= 4 is 5.97 Å². The first kappa shape index (κ1) is 10.3. The van der Waals surface area contributed by atoms with Crippen LogP contribution in [0.1, 0.15) is 19.8 Å². The lowest BCUT2D eigenvalue weighted by atomic mass is 10.4. The van der Waals surface area contributed by atoms with E-state index in [4.69, 9.17) is 0 Å². The minimum absolute atomic E-state index is 0.158. The summed E-state index contributed by atoms with van der Waals surface area (Å²) in [4.78, 5) is 9.99. The van der Waals surface area contributed by atoms with E-state index in [0.29, 0.717) is 12.8 Å². The van der Waals surface area contributed by atoms with Crippen molar-refractivity contribution < 1.29 is 22.7 Å². The molecule has 66 valence electrons. The monoisotopic (exact) mass is 170 g/mol. The normalized spacial score (nSPS) is 11.3. The highest BCUT2D eigenvalue weighted by atomic mass is 19.4. The standard InChI is InChI=1S/C6H9F3O2/c1-2-3-4-11-5(10)6(7,8)9/h2-4H2,1H3. The van der Waals surface area contributed by atoms with Gasteiger partial charge in [-0.2, -0.15) is 13.2 Å². The lowest BCUT2D eigenvalue weighted by Crippen LogP contribution is -2.25. The second-order valence-corrected chi connectivity index (χ2v) is 1.99. The zero-order chi connectivity index (χ0) is 8.91. The number of esters is 1. The summed E-state index contributed by atoms with van der Waals surface area (Å²) < 4.78 is 38.1. The van der Waals surface area contributed by atoms with Crippen molar-refractivity contribution in [3.8, 4) is 0 Å². The molecule has 0 spiro atoms. The number of hydrogen-bond donors (Lipinski definition) is 0. The summed E-state index contributed by atoms with van der Waals surface area (Å²) in [6.07, 6.45) is -3.69. The van der Waals surface area contributed by atoms with Crippen LogP contribution in [0.15, 0.2) is 0 Å². The SMILES string of the molecule is CCCCOC(=O)C(F)(F)F. The highest BCUT2D eigenvalue weighted by Gasteiger charge is 2.40. The van der Waals surface area contributed by atoms with Gasteiger partial charge in [0.05, 0.1) is 6.61 Å². The maximum Gasteiger partial charge on any atom is 0.490 e. The van der Waals surface area contributed by atoms with Crippen molar-refractivity contribution in [2.45, 2.75) is 25.9 Å². The molecule has 0 rings (SSSR count). The van der Waals surface area contributed by atoms with Gasteiger partial charge in [0.2, 0.25) is 0 Å². The van der Waals surface area contributed by atoms with Crippen molar-refractivity contribution in [3.63, 3.8) is 0 Å². The highest BCUT2D eigenvalue weighted by Crippen LogP contribution is 2.16. The first-order valence-corrected chi connectivity index (χ1v) is 3.22. The van der Waals surface area contributed by atoms with Crippen molar-refractivity contribution in [1.82, 2.24) is 0 Å². The fourth-order valence-corrected chi connectivity index (χ4v) is 0.391. The molecule has 0 saturated heterocycles. The van der Waals surface area contributed by atoms with Crippen LogP contribution in [0.3, 0.4) is 0 Å². The molecule has 0 bridgehead atoms. The molecule has 0 aromatic carbocycles. The van der Waals surface area contributed by atoms with Gasteiger partial charge in [-0.15, -0.1) is 0 Å². The van der Waals surface area contributed by atoms with Crippen LogP contribution in [0.5, 0.6) is 0 Å². The Labute approximate surface area is 62.3 Å². The third-order valence-electron chi connectivity index (χ3n) is 0.963. The summed E-state index contributed by atoms with van der Waals surface area (Å²) in [6.45, 7) is 1.64. The summed E-state index contributed by atoms with van der Waals surface area (Å²) in [5, 5.41) is 0. The topological polar surface area (TPSA) is 26.3 Å². The zero-order valence-corrected chi connectivity index (χ0v) is 6.07. The molecule has 2 nitrogen and oxygen atoms in total. The molecule has 0 heterocycles. The Morgan fingerprint density at radius 1 is 1.45 bits per heavy atom. The summed E-state index contributed by atoms with van der Waals surface area (Å²) in [7, 11) is 0. The molecule has 0 aliphatic carbocycles. The van der Waals surface area contributed by atoms with Crippen LogP contribution in [-0.2, 0) is 9.53 Å². The van der Waals surface area contributed by atoms with Gasteiger partial charge in [-0.1, -0.05) is 13.3 Å². The molecule has 0 atom stereocenters. The highest BCUT2D eigenvalue weighted by molar-refractivity contribution is 5.75. The van der Waals surface area contributed by atoms with Gasteiger partial charge in [0.15, 0.2) is 0 Å². The van der Waals surface area contributed by atoms with E-state index < -0.39 is 12.1 Å². The van der Waals surface area contributed by atoms with Gasteiger partial charge in [0.1, 0.15) is 0 Å². The Hall–Kier alpha value is -0.740. The average Bonchev–Trinajstić information content (AvgIpc) is 1.86. The molecule has 0 aliphatic heterocycles. The molecule has 0 radical (unpaired) electrons. The molecule has 11 heavy (non-hydrogen) atoms. The fraction of sp³-hybridized carbons (Fsp3) is 0.833. The number of alkyl halides is 3. The maximum atomic E-state index is 11.4. The molecule has 5 heteroatoms. The average molecular weight is 170 g/mol. The van der Waals surface area contributed by atoms with Gasteiger partial charge in [-0.05, 0) is 6.42 Å². The largest absolute Gasteiger partial charge is 0.490 e. The number of halogens is 3. The molecular weight excluding hydrogens is 161 g/mol. The van der Waals surface area contributed by atoms with E-state index in [0.717, 1.165) is 0 Å². The van der Waals surface area contributed by atoms with Crippen LogP contribution in [0.25, 0.3) is 0 Å². The summed E-state index contributed by atoms with van der Waals surface area (Å²) in [6, 6.07) is 0. The Morgan fingerprint density at radius 3 is 2.36 bits per heavy atom. The molecule has 0 amide bonds. The number of ether oxygens (including phenoxy) is 1. The molecule has 0 fully saturated rings. The van der Waals surface area contributed by atoms with E-state index in [9.17, 15) is 18.0 Å². The third-order valence-corrected chi connectivity index (χ3v) is 0.963. The molecule has 0 N–H and O–H groups in total. The fourth-order valence-electron chi connectivity index (χ4n) is 0.391. The second kappa shape index (κ2) is 4.20. The quantitative estimate of drug-likeness (QED) is 0.477. The Morgan fingerprint density at radius 2 is 2.00 bits per heavy atom. The molecule has 0 aliphatic rings. The summed E-state index contributed by atoms with van der Waals surface area (Å²) >= 11 is 0. The Bertz CT molecular complexity index is 130. The van der Waals surface area contributed by atoms with Crippen LogP contribution in [0.4, 0.5) is 13.2 Å². The van der Waals surface area contributed by atoms with Gasteiger partial charge in [0.25, 0.3) is 0 Å². The lowest BCUT2D eigenvalue weighted by molar-refractivity contribution is -0.199. The van der Waals surface area contributed by atoms with E-state index in [-0.39, 0.29) is 6.61 Å². The first-order valence-electron chi connectivity index (χ1n) is 3.22. The molecular formula is C6H9F3O2. The smallest absolute Gasteiger partial charge is 0.459 e. The predicted molar refractivity (Wildman–Crippen MR) is 31.9 cm³/mol. The van der Waals surface area contributed by atoms with Gasteiger partial charge in [-0.25, -0.2) is 4.79 Å². The van der Waals surface area contributed by atoms with Crippen LogP contribution < -0.4 is 0 Å². The number of unbranched alkanes of at least 4 members (excludes halogenated alkanes) is 1. The second-order valence-electron chi connectivity index (χ2n) is 1.99. The van der Waals surface area contributed by atoms with E-state index >= 15 is 0 Å². The van der Waals surface area contributed by atoms with Gasteiger partial charge >= 0.3 is 12.1 Å². The van der Waals surface area contributed by atoms with E-state index in [1.807, 2.05) is 0 Å². The van der Waals surface area contributed by atoms with Crippen molar-refractivity contribution in [1.29, 1.82) is 0 Å². The van der Waals surface area contributed by atoms with Crippen molar-refractivity contribution in [3.05, 3.63) is 0 Å². The molecule has 0 saturated carbocycles. The van der Waals surface area contributed by atoms with Crippen LogP contribution >= 0.6 is 0 Å². The van der Waals surface area contributed by atoms with Gasteiger partial charge in [0, 0.05) is 0 Å². The number of hydrogen-bond acceptors (Lipinski definition) is 2. The third kappa shape index (κ3) is 4.64. The lowest BCUT2D eigenvalue weighted by Gasteiger charge is -2.05. The molecule has 0 aromatic rings. The Kier molecular flexibility index (Phi) is 3.92. The predicted octanol–water partition coefficient (Wildman–Crippen LogP) is 1.89. The minimum Gasteiger partial charge on any atom is -0.459 e.